The predicted octanol–water partition coefficient (Wildman–Crippen LogP) is 4.06. The van der Waals surface area contributed by atoms with Gasteiger partial charge in [-0.25, -0.2) is 9.97 Å². The number of benzene rings is 2. The molecule has 0 unspecified atom stereocenters. The minimum absolute atomic E-state index is 0.0599. The van der Waals surface area contributed by atoms with Crippen molar-refractivity contribution in [3.63, 3.8) is 0 Å². The molecule has 2 aromatic carbocycles. The Morgan fingerprint density at radius 2 is 1.90 bits per heavy atom. The molecule has 0 aliphatic carbocycles. The van der Waals surface area contributed by atoms with Crippen molar-refractivity contribution in [3.8, 4) is 11.5 Å². The van der Waals surface area contributed by atoms with Crippen molar-refractivity contribution < 1.29 is 19.1 Å². The molecule has 2 aliphatic rings. The smallest absolute Gasteiger partial charge is 0.254 e. The third-order valence-corrected chi connectivity index (χ3v) is 7.38. The molecule has 0 saturated carbocycles. The van der Waals surface area contributed by atoms with Gasteiger partial charge in [-0.2, -0.15) is 0 Å². The minimum Gasteiger partial charge on any atom is -0.457 e. The van der Waals surface area contributed by atoms with Crippen LogP contribution in [0.1, 0.15) is 59.1 Å². The van der Waals surface area contributed by atoms with Crippen molar-refractivity contribution in [1.29, 1.82) is 0 Å². The monoisotopic (exact) mass is 543 g/mol. The molecule has 1 saturated heterocycles. The van der Waals surface area contributed by atoms with E-state index in [0.29, 0.717) is 36.8 Å². The third kappa shape index (κ3) is 6.66. The van der Waals surface area contributed by atoms with E-state index in [4.69, 9.17) is 9.47 Å². The Morgan fingerprint density at radius 1 is 1.10 bits per heavy atom. The average molecular weight is 544 g/mol. The Morgan fingerprint density at radius 3 is 2.67 bits per heavy atom. The summed E-state index contributed by atoms with van der Waals surface area (Å²) in [6, 6.07) is 12.9. The number of hydrogen-bond donors (Lipinski definition) is 1. The highest BCUT2D eigenvalue weighted by Gasteiger charge is 2.32. The zero-order chi connectivity index (χ0) is 28.2. The zero-order valence-corrected chi connectivity index (χ0v) is 23.6. The van der Waals surface area contributed by atoms with Crippen molar-refractivity contribution in [1.82, 2.24) is 25.1 Å². The Kier molecular flexibility index (Phi) is 8.42. The molecule has 3 heterocycles. The van der Waals surface area contributed by atoms with Gasteiger partial charge in [-0.05, 0) is 48.7 Å². The van der Waals surface area contributed by atoms with E-state index >= 15 is 0 Å². The second-order valence-corrected chi connectivity index (χ2v) is 11.0. The van der Waals surface area contributed by atoms with Crippen molar-refractivity contribution in [3.05, 3.63) is 82.9 Å². The summed E-state index contributed by atoms with van der Waals surface area (Å²) in [6.45, 7) is 8.54. The lowest BCUT2D eigenvalue weighted by molar-refractivity contribution is -0.125. The van der Waals surface area contributed by atoms with Crippen molar-refractivity contribution in [2.45, 2.75) is 58.4 Å². The van der Waals surface area contributed by atoms with Crippen molar-refractivity contribution >= 4 is 11.8 Å². The Hall–Kier alpha value is -3.82. The maximum Gasteiger partial charge on any atom is 0.254 e. The lowest BCUT2D eigenvalue weighted by Gasteiger charge is -2.39. The van der Waals surface area contributed by atoms with Crippen LogP contribution in [-0.2, 0) is 22.7 Å². The summed E-state index contributed by atoms with van der Waals surface area (Å²) in [7, 11) is 1.64. The van der Waals surface area contributed by atoms with Gasteiger partial charge in [0.2, 0.25) is 5.91 Å². The third-order valence-electron chi connectivity index (χ3n) is 7.38. The fourth-order valence-electron chi connectivity index (χ4n) is 5.11. The van der Waals surface area contributed by atoms with Gasteiger partial charge >= 0.3 is 0 Å². The van der Waals surface area contributed by atoms with E-state index in [1.807, 2.05) is 49.6 Å². The number of fused-ring (bicyclic) bond motifs is 5. The zero-order valence-electron chi connectivity index (χ0n) is 23.6. The van der Waals surface area contributed by atoms with E-state index < -0.39 is 0 Å². The van der Waals surface area contributed by atoms with Crippen LogP contribution in [0.25, 0.3) is 0 Å². The number of likely N-dealkylation sites (N-methyl/N-ethyl adjacent to an activating group) is 1. The minimum atomic E-state index is -0.247. The van der Waals surface area contributed by atoms with Crippen molar-refractivity contribution in [2.75, 3.05) is 26.7 Å². The summed E-state index contributed by atoms with van der Waals surface area (Å²) < 4.78 is 12.6. The van der Waals surface area contributed by atoms with Crippen molar-refractivity contribution in [2.24, 2.45) is 0 Å². The number of aryl methyl sites for hydroxylation is 1. The number of ether oxygens (including phenoxy) is 2. The fraction of sp³-hybridized carbons (Fsp3) is 0.419. The number of amides is 2. The van der Waals surface area contributed by atoms with E-state index in [0.717, 1.165) is 35.5 Å². The van der Waals surface area contributed by atoms with Gasteiger partial charge in [0.25, 0.3) is 5.91 Å². The van der Waals surface area contributed by atoms with Crippen LogP contribution < -0.4 is 10.1 Å². The molecule has 2 atom stereocenters. The molecule has 0 spiro atoms. The molecule has 2 aliphatic heterocycles. The summed E-state index contributed by atoms with van der Waals surface area (Å²) in [5, 5.41) is 3.16. The van der Waals surface area contributed by atoms with Gasteiger partial charge in [0, 0.05) is 56.1 Å². The molecule has 0 radical (unpaired) electrons. The number of piperidine rings is 1. The van der Waals surface area contributed by atoms with Gasteiger partial charge in [0.05, 0.1) is 25.3 Å². The predicted molar refractivity (Wildman–Crippen MR) is 151 cm³/mol. The number of hydrogen-bond acceptors (Lipinski definition) is 7. The fourth-order valence-corrected chi connectivity index (χ4v) is 5.11. The quantitative estimate of drug-likeness (QED) is 0.532. The van der Waals surface area contributed by atoms with Crippen LogP contribution in [0.5, 0.6) is 11.5 Å². The molecule has 1 fully saturated rings. The molecular weight excluding hydrogens is 506 g/mol. The molecule has 9 nitrogen and oxygen atoms in total. The molecule has 1 N–H and O–H groups in total. The van der Waals surface area contributed by atoms with Crippen LogP contribution in [0.2, 0.25) is 0 Å². The molecule has 210 valence electrons. The first-order valence-corrected chi connectivity index (χ1v) is 13.8. The first kappa shape index (κ1) is 27.7. The van der Waals surface area contributed by atoms with E-state index in [1.54, 1.807) is 19.2 Å². The Balaban J connectivity index is 1.36. The first-order valence-electron chi connectivity index (χ1n) is 13.8. The average Bonchev–Trinajstić information content (AvgIpc) is 2.93. The molecule has 1 aromatic heterocycles. The standard InChI is InChI=1S/C31H37N5O4/c1-20(2)30-32-14-23(15-33-30)16-36-11-10-27-26(17-36)34-29(37)18-35(4)31(38)24-9-8-21(3)28(13-24)40-25-7-5-6-22(12-25)19-39-27/h5-9,12-15,20,26-27H,10-11,16-19H2,1-4H3,(H,34,37)/t26-,27+/m0/s1. The number of likely N-dealkylation sites (tertiary alicyclic amines) is 1. The normalized spacial score (nSPS) is 20.6. The summed E-state index contributed by atoms with van der Waals surface area (Å²) in [4.78, 5) is 39.1. The molecule has 4 bridgehead atoms. The number of aromatic nitrogens is 2. The van der Waals surface area contributed by atoms with Gasteiger partial charge in [0.15, 0.2) is 0 Å². The van der Waals surface area contributed by atoms with Gasteiger partial charge in [0.1, 0.15) is 17.3 Å². The Labute approximate surface area is 235 Å². The van der Waals surface area contributed by atoms with Gasteiger partial charge in [-0.15, -0.1) is 0 Å². The summed E-state index contributed by atoms with van der Waals surface area (Å²) in [5.74, 6) is 1.92. The Bertz CT molecular complexity index is 1360. The maximum absolute atomic E-state index is 13.2. The summed E-state index contributed by atoms with van der Waals surface area (Å²) >= 11 is 0. The number of carbonyl (C=O) groups is 2. The van der Waals surface area contributed by atoms with E-state index in [-0.39, 0.29) is 36.4 Å². The molecule has 40 heavy (non-hydrogen) atoms. The number of rotatable bonds is 3. The van der Waals surface area contributed by atoms with Gasteiger partial charge in [-0.3, -0.25) is 14.5 Å². The molecule has 3 aromatic rings. The lowest BCUT2D eigenvalue weighted by Crippen LogP contribution is -2.57. The molecule has 2 amide bonds. The maximum atomic E-state index is 13.2. The highest BCUT2D eigenvalue weighted by atomic mass is 16.5. The highest BCUT2D eigenvalue weighted by molar-refractivity contribution is 5.96. The first-order chi connectivity index (χ1) is 19.2. The van der Waals surface area contributed by atoms with Crippen LogP contribution >= 0.6 is 0 Å². The van der Waals surface area contributed by atoms with Crippen LogP contribution in [0.15, 0.2) is 54.9 Å². The molecular formula is C31H37N5O4. The SMILES string of the molecule is Cc1ccc2cc1Oc1cccc(c1)CO[C@@H]1CCN(Cc3cnc(C(C)C)nc3)C[C@@H]1NC(=O)CN(C)C2=O. The van der Waals surface area contributed by atoms with Crippen LogP contribution in [0.4, 0.5) is 0 Å². The van der Waals surface area contributed by atoms with E-state index in [2.05, 4.69) is 34.0 Å². The van der Waals surface area contributed by atoms with E-state index in [1.165, 1.54) is 4.90 Å². The van der Waals surface area contributed by atoms with Crippen LogP contribution in [-0.4, -0.2) is 70.4 Å². The van der Waals surface area contributed by atoms with Gasteiger partial charge in [-0.1, -0.05) is 32.0 Å². The topological polar surface area (TPSA) is 96.9 Å². The second-order valence-electron chi connectivity index (χ2n) is 11.0. The largest absolute Gasteiger partial charge is 0.457 e. The lowest BCUT2D eigenvalue weighted by atomic mass is 10.0. The van der Waals surface area contributed by atoms with Gasteiger partial charge < -0.3 is 19.7 Å². The highest BCUT2D eigenvalue weighted by Crippen LogP contribution is 2.28. The number of nitrogens with one attached hydrogen (secondary N) is 1. The van der Waals surface area contributed by atoms with E-state index in [9.17, 15) is 9.59 Å². The van der Waals surface area contributed by atoms with Crippen LogP contribution in [0, 0.1) is 6.92 Å². The molecule has 5 rings (SSSR count). The summed E-state index contributed by atoms with van der Waals surface area (Å²) in [5.41, 5.74) is 3.39. The number of carbonyl (C=O) groups excluding carboxylic acids is 2. The summed E-state index contributed by atoms with van der Waals surface area (Å²) in [6.07, 6.45) is 4.35. The molecule has 9 heteroatoms. The van der Waals surface area contributed by atoms with Crippen LogP contribution in [0.3, 0.4) is 0 Å². The second kappa shape index (κ2) is 12.1. The number of nitrogens with zero attached hydrogens (tertiary/aromatic N) is 4.